The maximum atomic E-state index is 12.1. The zero-order valence-corrected chi connectivity index (χ0v) is 17.4. The van der Waals surface area contributed by atoms with Crippen molar-refractivity contribution in [1.29, 1.82) is 0 Å². The van der Waals surface area contributed by atoms with Gasteiger partial charge in [0.15, 0.2) is 18.1 Å². The van der Waals surface area contributed by atoms with E-state index in [4.69, 9.17) is 21.1 Å². The van der Waals surface area contributed by atoms with Gasteiger partial charge in [0.2, 0.25) is 0 Å². The fourth-order valence-electron chi connectivity index (χ4n) is 2.24. The van der Waals surface area contributed by atoms with Crippen molar-refractivity contribution in [2.24, 2.45) is 5.10 Å². The lowest BCUT2D eigenvalue weighted by atomic mass is 10.2. The van der Waals surface area contributed by atoms with Crippen LogP contribution in [0.15, 0.2) is 60.2 Å². The van der Waals surface area contributed by atoms with Gasteiger partial charge in [-0.15, -0.1) is 6.58 Å². The summed E-state index contributed by atoms with van der Waals surface area (Å²) in [5.41, 5.74) is 3.16. The number of hydrogen-bond acceptors (Lipinski definition) is 6. The van der Waals surface area contributed by atoms with Gasteiger partial charge in [0, 0.05) is 6.54 Å². The largest absolute Gasteiger partial charge is 0.493 e. The number of amides is 3. The third kappa shape index (κ3) is 7.48. The van der Waals surface area contributed by atoms with Crippen molar-refractivity contribution in [3.8, 4) is 11.5 Å². The highest BCUT2D eigenvalue weighted by molar-refractivity contribution is 6.35. The van der Waals surface area contributed by atoms with E-state index >= 15 is 0 Å². The van der Waals surface area contributed by atoms with Crippen LogP contribution < -0.4 is 25.5 Å². The summed E-state index contributed by atoms with van der Waals surface area (Å²) >= 11 is 6.01. The highest BCUT2D eigenvalue weighted by Gasteiger charge is 2.12. The summed E-state index contributed by atoms with van der Waals surface area (Å²) in [4.78, 5) is 35.1. The minimum absolute atomic E-state index is 0.172. The van der Waals surface area contributed by atoms with E-state index in [1.165, 1.54) is 19.4 Å². The molecule has 0 fully saturated rings. The molecule has 31 heavy (non-hydrogen) atoms. The predicted octanol–water partition coefficient (Wildman–Crippen LogP) is 2.12. The van der Waals surface area contributed by atoms with E-state index in [2.05, 4.69) is 27.7 Å². The molecule has 0 unspecified atom stereocenters. The Kier molecular flexibility index (Phi) is 9.06. The number of hydrazone groups is 1. The average Bonchev–Trinajstić information content (AvgIpc) is 2.77. The second kappa shape index (κ2) is 12.0. The molecule has 0 radical (unpaired) electrons. The van der Waals surface area contributed by atoms with Crippen molar-refractivity contribution in [2.75, 3.05) is 25.6 Å². The zero-order chi connectivity index (χ0) is 22.6. The SMILES string of the molecule is C=CCNC(=O)C(=O)N/N=C\c1ccc(OCC(=O)Nc2ccccc2Cl)c(OC)c1. The van der Waals surface area contributed by atoms with Crippen LogP contribution in [0.1, 0.15) is 5.56 Å². The van der Waals surface area contributed by atoms with Crippen LogP contribution in [-0.4, -0.2) is 44.2 Å². The van der Waals surface area contributed by atoms with Crippen LogP contribution in [0.3, 0.4) is 0 Å². The molecule has 0 spiro atoms. The van der Waals surface area contributed by atoms with Crippen LogP contribution in [0.2, 0.25) is 5.02 Å². The molecule has 0 bridgehead atoms. The molecule has 0 aliphatic carbocycles. The number of ether oxygens (including phenoxy) is 2. The van der Waals surface area contributed by atoms with E-state index in [0.29, 0.717) is 27.8 Å². The van der Waals surface area contributed by atoms with Gasteiger partial charge in [0.1, 0.15) is 0 Å². The number of methoxy groups -OCH3 is 1. The molecule has 0 aliphatic rings. The first-order chi connectivity index (χ1) is 14.9. The molecule has 0 saturated heterocycles. The normalized spacial score (nSPS) is 10.3. The van der Waals surface area contributed by atoms with Crippen LogP contribution >= 0.6 is 11.6 Å². The summed E-state index contributed by atoms with van der Waals surface area (Å²) < 4.78 is 10.8. The lowest BCUT2D eigenvalue weighted by molar-refractivity contribution is -0.139. The molecule has 2 aromatic rings. The monoisotopic (exact) mass is 444 g/mol. The van der Waals surface area contributed by atoms with Gasteiger partial charge in [-0.25, -0.2) is 5.43 Å². The maximum absolute atomic E-state index is 12.1. The molecule has 0 saturated carbocycles. The summed E-state index contributed by atoms with van der Waals surface area (Å²) in [6, 6.07) is 11.7. The molecule has 0 aromatic heterocycles. The van der Waals surface area contributed by atoms with Gasteiger partial charge in [-0.2, -0.15) is 5.10 Å². The van der Waals surface area contributed by atoms with E-state index < -0.39 is 17.7 Å². The van der Waals surface area contributed by atoms with Gasteiger partial charge >= 0.3 is 11.8 Å². The maximum Gasteiger partial charge on any atom is 0.329 e. The van der Waals surface area contributed by atoms with Crippen molar-refractivity contribution in [3.63, 3.8) is 0 Å². The number of nitrogens with one attached hydrogen (secondary N) is 3. The van der Waals surface area contributed by atoms with Crippen molar-refractivity contribution in [1.82, 2.24) is 10.7 Å². The number of rotatable bonds is 9. The van der Waals surface area contributed by atoms with Gasteiger partial charge in [-0.05, 0) is 35.9 Å². The molecule has 2 rings (SSSR count). The fourth-order valence-corrected chi connectivity index (χ4v) is 2.42. The third-order valence-corrected chi connectivity index (χ3v) is 4.02. The number of nitrogens with zero attached hydrogens (tertiary/aromatic N) is 1. The second-order valence-corrected chi connectivity index (χ2v) is 6.33. The van der Waals surface area contributed by atoms with Crippen molar-refractivity contribution in [2.45, 2.75) is 0 Å². The quantitative estimate of drug-likeness (QED) is 0.237. The lowest BCUT2D eigenvalue weighted by Crippen LogP contribution is -2.37. The molecular formula is C21H21ClN4O5. The van der Waals surface area contributed by atoms with Gasteiger partial charge < -0.3 is 20.1 Å². The smallest absolute Gasteiger partial charge is 0.329 e. The number of para-hydroxylation sites is 1. The van der Waals surface area contributed by atoms with Crippen LogP contribution in [0.4, 0.5) is 5.69 Å². The molecule has 3 amide bonds. The fraction of sp³-hybridized carbons (Fsp3) is 0.143. The van der Waals surface area contributed by atoms with Gasteiger partial charge in [-0.1, -0.05) is 29.8 Å². The highest BCUT2D eigenvalue weighted by atomic mass is 35.5. The van der Waals surface area contributed by atoms with Crippen molar-refractivity contribution in [3.05, 3.63) is 65.7 Å². The van der Waals surface area contributed by atoms with Crippen LogP contribution in [0.5, 0.6) is 11.5 Å². The van der Waals surface area contributed by atoms with E-state index in [1.807, 2.05) is 0 Å². The molecule has 2 aromatic carbocycles. The van der Waals surface area contributed by atoms with Gasteiger partial charge in [-0.3, -0.25) is 14.4 Å². The molecule has 162 valence electrons. The highest BCUT2D eigenvalue weighted by Crippen LogP contribution is 2.27. The second-order valence-electron chi connectivity index (χ2n) is 5.92. The van der Waals surface area contributed by atoms with E-state index in [9.17, 15) is 14.4 Å². The number of halogens is 1. The topological polar surface area (TPSA) is 118 Å². The number of carbonyl (C=O) groups excluding carboxylic acids is 3. The summed E-state index contributed by atoms with van der Waals surface area (Å²) in [6.45, 7) is 3.35. The van der Waals surface area contributed by atoms with E-state index in [-0.39, 0.29) is 13.2 Å². The molecular weight excluding hydrogens is 424 g/mol. The van der Waals surface area contributed by atoms with Gasteiger partial charge in [0.05, 0.1) is 24.0 Å². The molecule has 10 heteroatoms. The predicted molar refractivity (Wildman–Crippen MR) is 118 cm³/mol. The lowest BCUT2D eigenvalue weighted by Gasteiger charge is -2.12. The van der Waals surface area contributed by atoms with Gasteiger partial charge in [0.25, 0.3) is 5.91 Å². The molecule has 0 heterocycles. The molecule has 9 nitrogen and oxygen atoms in total. The molecule has 3 N–H and O–H groups in total. The summed E-state index contributed by atoms with van der Waals surface area (Å²) in [6.07, 6.45) is 2.78. The van der Waals surface area contributed by atoms with Crippen LogP contribution in [0.25, 0.3) is 0 Å². The minimum atomic E-state index is -0.908. The third-order valence-electron chi connectivity index (χ3n) is 3.69. The van der Waals surface area contributed by atoms with Crippen molar-refractivity contribution >= 4 is 41.2 Å². The Morgan fingerprint density at radius 2 is 1.90 bits per heavy atom. The first kappa shape index (κ1) is 23.4. The van der Waals surface area contributed by atoms with E-state index in [1.54, 1.807) is 42.5 Å². The molecule has 0 atom stereocenters. The zero-order valence-electron chi connectivity index (χ0n) is 16.7. The number of carbonyl (C=O) groups is 3. The first-order valence-corrected chi connectivity index (χ1v) is 9.39. The van der Waals surface area contributed by atoms with E-state index in [0.717, 1.165) is 0 Å². The Bertz CT molecular complexity index is 993. The van der Waals surface area contributed by atoms with Crippen molar-refractivity contribution < 1.29 is 23.9 Å². The number of hydrogen-bond donors (Lipinski definition) is 3. The standard InChI is InChI=1S/C21H21ClN4O5/c1-3-10-23-20(28)21(29)26-24-12-14-8-9-17(18(11-14)30-2)31-13-19(27)25-16-7-5-4-6-15(16)22/h3-9,11-12H,1,10,13H2,2H3,(H,23,28)(H,25,27)(H,26,29)/b24-12-. The average molecular weight is 445 g/mol. The summed E-state index contributed by atoms with van der Waals surface area (Å²) in [5.74, 6) is -1.44. The number of anilines is 1. The van der Waals surface area contributed by atoms with Crippen LogP contribution in [0, 0.1) is 0 Å². The Morgan fingerprint density at radius 3 is 2.61 bits per heavy atom. The summed E-state index contributed by atoms with van der Waals surface area (Å²) in [5, 5.41) is 9.12. The summed E-state index contributed by atoms with van der Waals surface area (Å²) in [7, 11) is 1.44. The van der Waals surface area contributed by atoms with Crippen LogP contribution in [-0.2, 0) is 14.4 Å². The molecule has 0 aliphatic heterocycles. The number of benzene rings is 2. The Morgan fingerprint density at radius 1 is 1.13 bits per heavy atom. The minimum Gasteiger partial charge on any atom is -0.493 e. The first-order valence-electron chi connectivity index (χ1n) is 9.02. The Balaban J connectivity index is 1.92. The Hall–Kier alpha value is -3.85. The Labute approximate surface area is 184 Å².